The Hall–Kier alpha value is -0.530. The van der Waals surface area contributed by atoms with Crippen molar-refractivity contribution in [2.75, 3.05) is 19.6 Å². The van der Waals surface area contributed by atoms with Crippen molar-refractivity contribution >= 4 is 12.1 Å². The zero-order valence-electron chi connectivity index (χ0n) is 10.3. The second-order valence-corrected chi connectivity index (χ2v) is 6.28. The van der Waals surface area contributed by atoms with Crippen LogP contribution < -0.4 is 5.32 Å². The maximum atomic E-state index is 12.4. The molecule has 3 aliphatic heterocycles. The van der Waals surface area contributed by atoms with E-state index in [2.05, 4.69) is 11.4 Å². The highest BCUT2D eigenvalue weighted by atomic mass is 32.2. The van der Waals surface area contributed by atoms with E-state index in [4.69, 9.17) is 0 Å². The molecule has 0 radical (unpaired) electrons. The van der Waals surface area contributed by atoms with Gasteiger partial charge in [0, 0.05) is 18.0 Å². The lowest BCUT2D eigenvalue weighted by molar-refractivity contribution is -0.978. The molecule has 0 spiro atoms. The topological polar surface area (TPSA) is 58.6 Å². The summed E-state index contributed by atoms with van der Waals surface area (Å²) in [6.45, 7) is 2.61. The molecule has 2 N–H and O–H groups in total. The lowest BCUT2D eigenvalue weighted by Crippen LogP contribution is -2.54. The van der Waals surface area contributed by atoms with Crippen LogP contribution in [0.2, 0.25) is 0 Å². The van der Waals surface area contributed by atoms with Crippen molar-refractivity contribution in [1.29, 1.82) is 0 Å². The van der Waals surface area contributed by atoms with Gasteiger partial charge in [-0.2, -0.15) is 0 Å². The molecule has 0 aromatic carbocycles. The zero-order chi connectivity index (χ0) is 12.6. The van der Waals surface area contributed by atoms with Gasteiger partial charge in [-0.25, -0.2) is 5.21 Å². The summed E-state index contributed by atoms with van der Waals surface area (Å²) in [6.07, 6.45) is 8.75. The predicted molar refractivity (Wildman–Crippen MR) is 70.9 cm³/mol. The average molecular weight is 269 g/mol. The number of fused-ring (bicyclic) bond motifs is 1. The summed E-state index contributed by atoms with van der Waals surface area (Å²) < 4.78 is 0.737. The molecule has 3 rings (SSSR count). The Kier molecular flexibility index (Phi) is 3.38. The number of hydroxylamine groups is 2. The number of nitrogens with zero attached hydrogens (tertiary/aromatic N) is 2. The molecule has 2 fully saturated rings. The van der Waals surface area contributed by atoms with Gasteiger partial charge in [0.1, 0.15) is 6.04 Å². The normalized spacial score (nSPS) is 37.3. The molecule has 18 heavy (non-hydrogen) atoms. The van der Waals surface area contributed by atoms with E-state index in [-0.39, 0.29) is 6.04 Å². The van der Waals surface area contributed by atoms with Crippen LogP contribution in [-0.4, -0.2) is 39.4 Å². The lowest BCUT2D eigenvalue weighted by atomic mass is 9.87. The first-order chi connectivity index (χ1) is 8.67. The summed E-state index contributed by atoms with van der Waals surface area (Å²) in [6, 6.07) is -0.230. The predicted octanol–water partition coefficient (Wildman–Crippen LogP) is 1.78. The van der Waals surface area contributed by atoms with E-state index in [1.54, 1.807) is 0 Å². The second-order valence-electron chi connectivity index (χ2n) is 5.15. The fraction of sp³-hybridized carbons (Fsp3) is 0.667. The Balaban J connectivity index is 1.79. The average Bonchev–Trinajstić information content (AvgIpc) is 2.38. The van der Waals surface area contributed by atoms with Gasteiger partial charge >= 0.3 is 0 Å². The van der Waals surface area contributed by atoms with Crippen LogP contribution in [0.5, 0.6) is 0 Å². The standard InChI is InChI=1S/C12H19N3O2S/c16-15(17)12(10-4-6-13-7-5-10)9-11-3-1-2-8-14(11)18-15/h1-3,10,12-13,16H,4-9H2. The number of piperidine rings is 1. The van der Waals surface area contributed by atoms with Crippen LogP contribution in [0.4, 0.5) is 0 Å². The third kappa shape index (κ3) is 2.31. The van der Waals surface area contributed by atoms with E-state index in [9.17, 15) is 10.4 Å². The Labute approximate surface area is 112 Å². The molecule has 100 valence electrons. The summed E-state index contributed by atoms with van der Waals surface area (Å²) in [4.78, 5) is 0. The fourth-order valence-corrected chi connectivity index (χ4v) is 4.03. The van der Waals surface area contributed by atoms with Gasteiger partial charge in [-0.15, -0.1) is 4.21 Å². The van der Waals surface area contributed by atoms with Gasteiger partial charge in [0.05, 0.1) is 6.54 Å². The molecular formula is C12H19N3O2S. The summed E-state index contributed by atoms with van der Waals surface area (Å²) in [5.41, 5.74) is 1.17. The summed E-state index contributed by atoms with van der Waals surface area (Å²) in [5.74, 6) is 0.315. The van der Waals surface area contributed by atoms with Crippen LogP contribution in [-0.2, 0) is 0 Å². The van der Waals surface area contributed by atoms with Crippen LogP contribution in [0.3, 0.4) is 0 Å². The van der Waals surface area contributed by atoms with Crippen LogP contribution in [0, 0.1) is 11.1 Å². The highest BCUT2D eigenvalue weighted by Gasteiger charge is 2.45. The fourth-order valence-electron chi connectivity index (χ4n) is 2.99. The molecule has 0 aliphatic carbocycles. The molecule has 2 atom stereocenters. The van der Waals surface area contributed by atoms with E-state index in [0.717, 1.165) is 38.1 Å². The van der Waals surface area contributed by atoms with Gasteiger partial charge in [0.2, 0.25) is 12.1 Å². The Morgan fingerprint density at radius 3 is 3.00 bits per heavy atom. The summed E-state index contributed by atoms with van der Waals surface area (Å²) in [7, 11) is 0. The lowest BCUT2D eigenvalue weighted by Gasteiger charge is -2.49. The Bertz CT molecular complexity index is 378. The Morgan fingerprint density at radius 2 is 2.22 bits per heavy atom. The van der Waals surface area contributed by atoms with Gasteiger partial charge in [-0.3, -0.25) is 4.31 Å². The van der Waals surface area contributed by atoms with Crippen LogP contribution in [0.25, 0.3) is 0 Å². The summed E-state index contributed by atoms with van der Waals surface area (Å²) >= 11 is 1.01. The van der Waals surface area contributed by atoms with E-state index in [0.29, 0.717) is 18.9 Å². The number of rotatable bonds is 1. The van der Waals surface area contributed by atoms with Crippen LogP contribution >= 0.6 is 12.1 Å². The van der Waals surface area contributed by atoms with Gasteiger partial charge in [0.25, 0.3) is 0 Å². The second kappa shape index (κ2) is 4.86. The molecule has 2 unspecified atom stereocenters. The molecular weight excluding hydrogens is 250 g/mol. The molecule has 6 heteroatoms. The Morgan fingerprint density at radius 1 is 1.44 bits per heavy atom. The molecule has 3 aliphatic rings. The SMILES string of the molecule is [O-][N+]1(O)SN2CC=CC=C2CC1C1CCNCC1. The van der Waals surface area contributed by atoms with Crippen molar-refractivity contribution in [2.24, 2.45) is 5.92 Å². The van der Waals surface area contributed by atoms with Gasteiger partial charge < -0.3 is 10.5 Å². The maximum absolute atomic E-state index is 12.4. The number of hydrogen-bond donors (Lipinski definition) is 2. The first kappa shape index (κ1) is 12.5. The van der Waals surface area contributed by atoms with Crippen molar-refractivity contribution in [1.82, 2.24) is 9.62 Å². The number of allylic oxidation sites excluding steroid dienone is 2. The van der Waals surface area contributed by atoms with E-state index in [1.165, 1.54) is 5.70 Å². The maximum Gasteiger partial charge on any atom is 0.239 e. The molecule has 0 saturated carbocycles. The number of nitrogens with one attached hydrogen (secondary N) is 1. The number of hydrogen-bond acceptors (Lipinski definition) is 5. The first-order valence-corrected chi connectivity index (χ1v) is 7.26. The van der Waals surface area contributed by atoms with Crippen LogP contribution in [0.1, 0.15) is 19.3 Å². The van der Waals surface area contributed by atoms with Crippen molar-refractivity contribution in [3.05, 3.63) is 29.1 Å². The van der Waals surface area contributed by atoms with Gasteiger partial charge in [0.15, 0.2) is 0 Å². The largest absolute Gasteiger partial charge is 0.585 e. The van der Waals surface area contributed by atoms with Gasteiger partial charge in [-0.05, 0) is 32.0 Å². The number of quaternary nitrogens is 1. The molecule has 0 bridgehead atoms. The third-order valence-corrected chi connectivity index (χ3v) is 5.08. The minimum absolute atomic E-state index is 0.230. The minimum Gasteiger partial charge on any atom is -0.585 e. The van der Waals surface area contributed by atoms with E-state index in [1.807, 2.05) is 16.5 Å². The van der Waals surface area contributed by atoms with Crippen molar-refractivity contribution in [3.63, 3.8) is 0 Å². The highest BCUT2D eigenvalue weighted by molar-refractivity contribution is 7.91. The molecule has 3 heterocycles. The third-order valence-electron chi connectivity index (χ3n) is 4.00. The molecule has 2 saturated heterocycles. The van der Waals surface area contributed by atoms with Gasteiger partial charge in [-0.1, -0.05) is 12.2 Å². The van der Waals surface area contributed by atoms with Crippen molar-refractivity contribution in [3.8, 4) is 0 Å². The zero-order valence-corrected chi connectivity index (χ0v) is 11.1. The van der Waals surface area contributed by atoms with E-state index < -0.39 is 4.21 Å². The monoisotopic (exact) mass is 269 g/mol. The van der Waals surface area contributed by atoms with Crippen molar-refractivity contribution in [2.45, 2.75) is 25.3 Å². The smallest absolute Gasteiger partial charge is 0.239 e. The van der Waals surface area contributed by atoms with Crippen LogP contribution in [0.15, 0.2) is 23.9 Å². The van der Waals surface area contributed by atoms with E-state index >= 15 is 0 Å². The quantitative estimate of drug-likeness (QED) is 0.432. The molecule has 0 aromatic heterocycles. The molecule has 0 amide bonds. The molecule has 0 aromatic rings. The van der Waals surface area contributed by atoms with Crippen molar-refractivity contribution < 1.29 is 9.42 Å². The minimum atomic E-state index is -1.17. The summed E-state index contributed by atoms with van der Waals surface area (Å²) in [5, 5.41) is 25.8. The first-order valence-electron chi connectivity index (χ1n) is 6.53. The highest BCUT2D eigenvalue weighted by Crippen LogP contribution is 2.44. The molecule has 5 nitrogen and oxygen atoms in total.